The Morgan fingerprint density at radius 1 is 1.14 bits per heavy atom. The third-order valence-electron chi connectivity index (χ3n) is 6.63. The predicted molar refractivity (Wildman–Crippen MR) is 114 cm³/mol. The lowest BCUT2D eigenvalue weighted by Gasteiger charge is -2.34. The third kappa shape index (κ3) is 6.71. The van der Waals surface area contributed by atoms with Crippen molar-refractivity contribution in [3.05, 3.63) is 0 Å². The van der Waals surface area contributed by atoms with Crippen molar-refractivity contribution in [3.8, 4) is 0 Å². The fourth-order valence-electron chi connectivity index (χ4n) is 4.84. The Labute approximate surface area is 200 Å². The van der Waals surface area contributed by atoms with Crippen molar-refractivity contribution >= 4 is 29.4 Å². The summed E-state index contributed by atoms with van der Waals surface area (Å²) in [5.41, 5.74) is -0.680. The number of rotatable bonds is 7. The normalized spacial score (nSPS) is 26.9. The molecular weight excluding hydrogens is 473 g/mol. The summed E-state index contributed by atoms with van der Waals surface area (Å²) >= 11 is 0. The second-order valence-electron chi connectivity index (χ2n) is 10.4. The van der Waals surface area contributed by atoms with Crippen molar-refractivity contribution in [3.63, 3.8) is 0 Å². The van der Waals surface area contributed by atoms with Crippen molar-refractivity contribution in [2.75, 3.05) is 19.7 Å². The van der Waals surface area contributed by atoms with Gasteiger partial charge >= 0.3 is 18.2 Å². The highest BCUT2D eigenvalue weighted by atomic mass is 19.4. The van der Waals surface area contributed by atoms with Crippen molar-refractivity contribution < 1.29 is 41.9 Å². The minimum Gasteiger partial charge on any atom is -0.356 e. The molecule has 13 heteroatoms. The largest absolute Gasteiger partial charge is 0.522 e. The quantitative estimate of drug-likeness (QED) is 0.426. The van der Waals surface area contributed by atoms with E-state index in [0.29, 0.717) is 19.4 Å². The van der Waals surface area contributed by atoms with Crippen LogP contribution in [0.2, 0.25) is 0 Å². The summed E-state index contributed by atoms with van der Waals surface area (Å²) in [6, 6.07) is -2.46. The van der Waals surface area contributed by atoms with Crippen LogP contribution in [0.15, 0.2) is 0 Å². The number of ketones is 1. The summed E-state index contributed by atoms with van der Waals surface area (Å²) < 4.78 is 41.1. The van der Waals surface area contributed by atoms with E-state index in [4.69, 9.17) is 0 Å². The number of hydrogen-bond acceptors (Lipinski definition) is 6. The van der Waals surface area contributed by atoms with E-state index < -0.39 is 60.0 Å². The molecule has 1 unspecified atom stereocenters. The molecular formula is C22H31F3N4O6. The lowest BCUT2D eigenvalue weighted by molar-refractivity contribution is -0.321. The maximum absolute atomic E-state index is 13.3. The molecule has 4 amide bonds. The lowest BCUT2D eigenvalue weighted by Crippen LogP contribution is -2.57. The molecule has 3 rings (SSSR count). The van der Waals surface area contributed by atoms with Gasteiger partial charge in [0, 0.05) is 24.5 Å². The Morgan fingerprint density at radius 3 is 2.34 bits per heavy atom. The topological polar surface area (TPSA) is 134 Å². The van der Waals surface area contributed by atoms with E-state index in [9.17, 15) is 37.1 Å². The van der Waals surface area contributed by atoms with Crippen molar-refractivity contribution in [1.82, 2.24) is 20.9 Å². The van der Waals surface area contributed by atoms with Gasteiger partial charge in [-0.05, 0) is 58.3 Å². The van der Waals surface area contributed by atoms with Gasteiger partial charge in [0.25, 0.3) is 0 Å². The highest BCUT2D eigenvalue weighted by molar-refractivity contribution is 6.35. The molecule has 10 nitrogen and oxygen atoms in total. The van der Waals surface area contributed by atoms with E-state index in [-0.39, 0.29) is 30.7 Å². The average Bonchev–Trinajstić information content (AvgIpc) is 3.23. The van der Waals surface area contributed by atoms with Gasteiger partial charge in [-0.1, -0.05) is 0 Å². The molecule has 35 heavy (non-hydrogen) atoms. The van der Waals surface area contributed by atoms with Crippen molar-refractivity contribution in [1.29, 1.82) is 0 Å². The molecule has 1 aliphatic carbocycles. The van der Waals surface area contributed by atoms with Gasteiger partial charge in [0.1, 0.15) is 12.6 Å². The van der Waals surface area contributed by atoms with Crippen LogP contribution in [-0.4, -0.2) is 78.0 Å². The molecule has 0 aromatic carbocycles. The molecule has 3 fully saturated rings. The van der Waals surface area contributed by atoms with Gasteiger partial charge in [-0.15, -0.1) is 13.2 Å². The van der Waals surface area contributed by atoms with Gasteiger partial charge in [0.05, 0.1) is 6.04 Å². The smallest absolute Gasteiger partial charge is 0.356 e. The Kier molecular flexibility index (Phi) is 7.77. The predicted octanol–water partition coefficient (Wildman–Crippen LogP) is 0.255. The first-order valence-corrected chi connectivity index (χ1v) is 11.6. The van der Waals surface area contributed by atoms with Gasteiger partial charge in [-0.2, -0.15) is 0 Å². The number of carbonyl (C=O) groups is 5. The first kappa shape index (κ1) is 26.9. The van der Waals surface area contributed by atoms with Crippen molar-refractivity contribution in [2.24, 2.45) is 17.8 Å². The summed E-state index contributed by atoms with van der Waals surface area (Å²) in [4.78, 5) is 64.3. The summed E-state index contributed by atoms with van der Waals surface area (Å²) in [6.07, 6.45) is -3.47. The molecule has 196 valence electrons. The highest BCUT2D eigenvalue weighted by Gasteiger charge is 2.53. The molecule has 0 aromatic rings. The van der Waals surface area contributed by atoms with Gasteiger partial charge < -0.3 is 20.9 Å². The zero-order chi connectivity index (χ0) is 26.1. The van der Waals surface area contributed by atoms with Gasteiger partial charge in [0.2, 0.25) is 11.8 Å². The van der Waals surface area contributed by atoms with E-state index in [0.717, 1.165) is 6.42 Å². The van der Waals surface area contributed by atoms with E-state index in [2.05, 4.69) is 20.7 Å². The fourth-order valence-corrected chi connectivity index (χ4v) is 4.84. The number of alkyl halides is 3. The van der Waals surface area contributed by atoms with E-state index >= 15 is 0 Å². The Bertz CT molecular complexity index is 887. The lowest BCUT2D eigenvalue weighted by atomic mass is 9.73. The highest BCUT2D eigenvalue weighted by Crippen LogP contribution is 2.45. The molecule has 0 radical (unpaired) electrons. The summed E-state index contributed by atoms with van der Waals surface area (Å²) in [6.45, 7) is 4.34. The number of nitrogens with one attached hydrogen (secondary N) is 3. The Morgan fingerprint density at radius 2 is 1.83 bits per heavy atom. The Balaban J connectivity index is 1.75. The molecule has 0 spiro atoms. The molecule has 3 N–H and O–H groups in total. The van der Waals surface area contributed by atoms with Gasteiger partial charge in [-0.25, -0.2) is 0 Å². The zero-order valence-electron chi connectivity index (χ0n) is 19.9. The maximum Gasteiger partial charge on any atom is 0.522 e. The number of likely N-dealkylation sites (tertiary alicyclic amines) is 1. The van der Waals surface area contributed by atoms with Crippen LogP contribution in [0.5, 0.6) is 0 Å². The number of nitrogens with zero attached hydrogens (tertiary/aromatic N) is 1. The number of halogens is 3. The molecule has 2 aliphatic heterocycles. The third-order valence-corrected chi connectivity index (χ3v) is 6.63. The zero-order valence-corrected chi connectivity index (χ0v) is 19.9. The van der Waals surface area contributed by atoms with E-state index in [1.165, 1.54) is 4.90 Å². The molecule has 2 saturated heterocycles. The number of Topliss-reactive ketones (excluding diaryl/α,β-unsaturated/α-hetero) is 1. The summed E-state index contributed by atoms with van der Waals surface area (Å²) in [7, 11) is 0. The molecule has 0 bridgehead atoms. The van der Waals surface area contributed by atoms with Crippen LogP contribution in [0.1, 0.15) is 46.5 Å². The molecule has 2 heterocycles. The van der Waals surface area contributed by atoms with Crippen LogP contribution in [-0.2, 0) is 28.7 Å². The molecule has 0 aromatic heterocycles. The average molecular weight is 505 g/mol. The van der Waals surface area contributed by atoms with Crippen molar-refractivity contribution in [2.45, 2.75) is 70.4 Å². The van der Waals surface area contributed by atoms with Crippen LogP contribution in [0.3, 0.4) is 0 Å². The van der Waals surface area contributed by atoms with Crippen LogP contribution in [0.4, 0.5) is 13.2 Å². The second-order valence-corrected chi connectivity index (χ2v) is 10.4. The summed E-state index contributed by atoms with van der Waals surface area (Å²) in [5, 5.41) is 7.60. The minimum absolute atomic E-state index is 0.0143. The SMILES string of the molecule is CC(C)(C)NC(=O)C(=O)N1C[C@@H]2CC[C@@H]2[C@H]1C(=O)NC(C[C@@H]1CCNC1=O)C(=O)COC(F)(F)F. The maximum atomic E-state index is 13.3. The molecule has 3 aliphatic rings. The van der Waals surface area contributed by atoms with Crippen LogP contribution in [0, 0.1) is 17.8 Å². The molecule has 5 atom stereocenters. The number of ether oxygens (including phenoxy) is 1. The number of carbonyl (C=O) groups excluding carboxylic acids is 5. The Hall–Kier alpha value is -2.70. The second kappa shape index (κ2) is 10.1. The standard InChI is InChI=1S/C22H31F3N4O6/c1-21(2,3)28-19(33)20(34)29-9-12-4-5-13(12)16(29)18(32)27-14(8-11-6-7-26-17(11)31)15(30)10-35-22(23,24)25/h11-14,16H,4-10H2,1-3H3,(H,26,31)(H,27,32)(H,28,33)/t11-,12-,13-,14?,16-/m0/s1. The van der Waals surface area contributed by atoms with Gasteiger partial charge in [0.15, 0.2) is 5.78 Å². The van der Waals surface area contributed by atoms with Crippen LogP contribution >= 0.6 is 0 Å². The first-order chi connectivity index (χ1) is 16.2. The number of fused-ring (bicyclic) bond motifs is 1. The number of amides is 4. The van der Waals surface area contributed by atoms with Crippen LogP contribution in [0.25, 0.3) is 0 Å². The van der Waals surface area contributed by atoms with E-state index in [1.54, 1.807) is 20.8 Å². The summed E-state index contributed by atoms with van der Waals surface area (Å²) in [5.74, 6) is -4.76. The van der Waals surface area contributed by atoms with Crippen LogP contribution < -0.4 is 16.0 Å². The number of hydrogen-bond donors (Lipinski definition) is 3. The first-order valence-electron chi connectivity index (χ1n) is 11.6. The monoisotopic (exact) mass is 504 g/mol. The van der Waals surface area contributed by atoms with E-state index in [1.807, 2.05) is 0 Å². The minimum atomic E-state index is -5.04. The van der Waals surface area contributed by atoms with Gasteiger partial charge in [-0.3, -0.25) is 28.7 Å². The molecule has 1 saturated carbocycles. The fraction of sp³-hybridized carbons (Fsp3) is 0.773.